The fraction of sp³-hybridized carbons (Fsp3) is 0.667. The maximum Gasteiger partial charge on any atom is 0.276 e. The summed E-state index contributed by atoms with van der Waals surface area (Å²) in [5.41, 5.74) is 0.321. The van der Waals surface area contributed by atoms with Crippen LogP contribution in [0.1, 0.15) is 17.4 Å². The summed E-state index contributed by atoms with van der Waals surface area (Å²) in [5.74, 6) is 0.245. The monoisotopic (exact) mass is 244 g/mol. The Morgan fingerprint density at radius 3 is 3.25 bits per heavy atom. The smallest absolute Gasteiger partial charge is 0.276 e. The number of ether oxygens (including phenoxy) is 1. The zero-order valence-electron chi connectivity index (χ0n) is 8.89. The van der Waals surface area contributed by atoms with Crippen LogP contribution in [0.3, 0.4) is 0 Å². The summed E-state index contributed by atoms with van der Waals surface area (Å²) < 4.78 is 5.47. The Bertz CT molecular complexity index is 356. The van der Waals surface area contributed by atoms with E-state index in [0.717, 1.165) is 0 Å². The lowest BCUT2D eigenvalue weighted by Crippen LogP contribution is -2.51. The maximum atomic E-state index is 12.0. The van der Waals surface area contributed by atoms with Crippen molar-refractivity contribution >= 4 is 17.5 Å². The Kier molecular flexibility index (Phi) is 3.40. The summed E-state index contributed by atoms with van der Waals surface area (Å²) in [5, 5.41) is 9.82. The van der Waals surface area contributed by atoms with E-state index < -0.39 is 0 Å². The van der Waals surface area contributed by atoms with Gasteiger partial charge in [0.1, 0.15) is 0 Å². The van der Waals surface area contributed by atoms with Crippen molar-refractivity contribution in [1.29, 1.82) is 0 Å². The molecule has 16 heavy (non-hydrogen) atoms. The van der Waals surface area contributed by atoms with Crippen LogP contribution in [0.15, 0.2) is 6.20 Å². The Hall–Kier alpha value is -1.14. The minimum atomic E-state index is -0.139. The van der Waals surface area contributed by atoms with Gasteiger partial charge >= 0.3 is 0 Å². The fourth-order valence-electron chi connectivity index (χ4n) is 1.65. The van der Waals surface area contributed by atoms with Gasteiger partial charge in [-0.25, -0.2) is 0 Å². The minimum Gasteiger partial charge on any atom is -0.373 e. The molecule has 1 aliphatic rings. The fourth-order valence-corrected chi connectivity index (χ4v) is 1.83. The number of rotatable bonds is 2. The first-order chi connectivity index (χ1) is 7.72. The molecule has 1 aromatic heterocycles. The predicted molar refractivity (Wildman–Crippen MR) is 57.3 cm³/mol. The molecule has 0 radical (unpaired) electrons. The molecule has 0 aromatic carbocycles. The largest absolute Gasteiger partial charge is 0.373 e. The number of halogens is 1. The molecule has 1 aliphatic heterocycles. The van der Waals surface area contributed by atoms with Crippen molar-refractivity contribution in [2.75, 3.05) is 19.0 Å². The van der Waals surface area contributed by atoms with Crippen molar-refractivity contribution in [2.45, 2.75) is 19.1 Å². The summed E-state index contributed by atoms with van der Waals surface area (Å²) >= 11 is 5.73. The highest BCUT2D eigenvalue weighted by atomic mass is 35.5. The van der Waals surface area contributed by atoms with Gasteiger partial charge in [0.15, 0.2) is 5.69 Å². The summed E-state index contributed by atoms with van der Waals surface area (Å²) in [4.78, 5) is 13.8. The first-order valence-corrected chi connectivity index (χ1v) is 5.60. The number of alkyl halides is 1. The Balaban J connectivity index is 2.09. The molecule has 1 N–H and O–H groups in total. The number of amides is 1. The van der Waals surface area contributed by atoms with Gasteiger partial charge in [-0.3, -0.25) is 4.79 Å². The van der Waals surface area contributed by atoms with E-state index in [0.29, 0.717) is 24.7 Å². The molecule has 1 amide bonds. The van der Waals surface area contributed by atoms with Gasteiger partial charge < -0.3 is 9.64 Å². The van der Waals surface area contributed by atoms with Crippen LogP contribution in [0.4, 0.5) is 0 Å². The normalized spacial score (nSPS) is 25.8. The van der Waals surface area contributed by atoms with Crippen LogP contribution >= 0.6 is 11.6 Å². The summed E-state index contributed by atoms with van der Waals surface area (Å²) in [7, 11) is 0. The van der Waals surface area contributed by atoms with Gasteiger partial charge in [-0.2, -0.15) is 15.4 Å². The van der Waals surface area contributed by atoms with Crippen LogP contribution in [0, 0.1) is 0 Å². The average molecular weight is 245 g/mol. The Morgan fingerprint density at radius 2 is 2.62 bits per heavy atom. The first-order valence-electron chi connectivity index (χ1n) is 5.06. The number of morpholine rings is 1. The van der Waals surface area contributed by atoms with Crippen LogP contribution in [-0.4, -0.2) is 57.4 Å². The third-order valence-corrected chi connectivity index (χ3v) is 2.92. The van der Waals surface area contributed by atoms with E-state index in [2.05, 4.69) is 15.4 Å². The predicted octanol–water partition coefficient (Wildman–Crippen LogP) is 0.273. The van der Waals surface area contributed by atoms with Crippen molar-refractivity contribution < 1.29 is 9.53 Å². The van der Waals surface area contributed by atoms with E-state index in [-0.39, 0.29) is 18.1 Å². The molecule has 1 saturated heterocycles. The Labute approximate surface area is 97.9 Å². The molecular formula is C9H13ClN4O2. The maximum absolute atomic E-state index is 12.0. The highest BCUT2D eigenvalue weighted by Crippen LogP contribution is 2.15. The minimum absolute atomic E-state index is 0.0312. The van der Waals surface area contributed by atoms with E-state index in [9.17, 15) is 4.79 Å². The van der Waals surface area contributed by atoms with E-state index in [1.165, 1.54) is 6.20 Å². The topological polar surface area (TPSA) is 71.1 Å². The molecule has 88 valence electrons. The standard InChI is InChI=1S/C9H13ClN4O2/c1-6-5-16-7(2-10)4-14(6)9(15)8-3-11-13-12-8/h3,6-7H,2,4-5H2,1H3,(H,11,12,13). The zero-order chi connectivity index (χ0) is 11.5. The number of aromatic nitrogens is 3. The lowest BCUT2D eigenvalue weighted by Gasteiger charge is -2.36. The number of carbonyl (C=O) groups is 1. The number of carbonyl (C=O) groups excluding carboxylic acids is 1. The molecule has 2 atom stereocenters. The number of nitrogens with one attached hydrogen (secondary N) is 1. The number of nitrogens with zero attached hydrogens (tertiary/aromatic N) is 3. The van der Waals surface area contributed by atoms with E-state index in [1.54, 1.807) is 4.90 Å². The van der Waals surface area contributed by atoms with Crippen molar-refractivity contribution in [3.8, 4) is 0 Å². The van der Waals surface area contributed by atoms with Gasteiger partial charge in [0.05, 0.1) is 30.8 Å². The lowest BCUT2D eigenvalue weighted by molar-refractivity contribution is -0.0373. The van der Waals surface area contributed by atoms with Gasteiger partial charge in [-0.15, -0.1) is 11.6 Å². The van der Waals surface area contributed by atoms with Crippen molar-refractivity contribution in [2.24, 2.45) is 0 Å². The average Bonchev–Trinajstić information content (AvgIpc) is 2.82. The van der Waals surface area contributed by atoms with Crippen LogP contribution in [0.2, 0.25) is 0 Å². The van der Waals surface area contributed by atoms with Crippen molar-refractivity contribution in [1.82, 2.24) is 20.3 Å². The van der Waals surface area contributed by atoms with E-state index in [4.69, 9.17) is 16.3 Å². The summed E-state index contributed by atoms with van der Waals surface area (Å²) in [6.45, 7) is 2.93. The molecule has 0 aliphatic carbocycles. The highest BCUT2D eigenvalue weighted by Gasteiger charge is 2.30. The molecule has 0 spiro atoms. The first kappa shape index (κ1) is 11.3. The van der Waals surface area contributed by atoms with E-state index >= 15 is 0 Å². The second-order valence-electron chi connectivity index (χ2n) is 3.77. The quantitative estimate of drug-likeness (QED) is 0.759. The molecule has 0 bridgehead atoms. The molecule has 2 rings (SSSR count). The van der Waals surface area contributed by atoms with Gasteiger partial charge in [-0.05, 0) is 6.92 Å². The molecule has 0 saturated carbocycles. The zero-order valence-corrected chi connectivity index (χ0v) is 9.65. The molecule has 1 fully saturated rings. The second kappa shape index (κ2) is 4.80. The van der Waals surface area contributed by atoms with Crippen LogP contribution < -0.4 is 0 Å². The van der Waals surface area contributed by atoms with E-state index in [1.807, 2.05) is 6.92 Å². The number of aromatic amines is 1. The molecule has 1 aromatic rings. The molecule has 2 heterocycles. The Morgan fingerprint density at radius 1 is 1.81 bits per heavy atom. The molecular weight excluding hydrogens is 232 g/mol. The third kappa shape index (κ3) is 2.17. The van der Waals surface area contributed by atoms with Gasteiger partial charge in [0.25, 0.3) is 5.91 Å². The number of H-pyrrole nitrogens is 1. The molecule has 6 nitrogen and oxygen atoms in total. The second-order valence-corrected chi connectivity index (χ2v) is 4.08. The van der Waals surface area contributed by atoms with Gasteiger partial charge in [0.2, 0.25) is 0 Å². The molecule has 2 unspecified atom stereocenters. The summed E-state index contributed by atoms with van der Waals surface area (Å²) in [6, 6.07) is 0.0312. The van der Waals surface area contributed by atoms with Crippen LogP contribution in [0.25, 0.3) is 0 Å². The number of hydrogen-bond donors (Lipinski definition) is 1. The van der Waals surface area contributed by atoms with Gasteiger partial charge in [0, 0.05) is 6.54 Å². The van der Waals surface area contributed by atoms with Crippen molar-refractivity contribution in [3.63, 3.8) is 0 Å². The third-order valence-electron chi connectivity index (χ3n) is 2.57. The van der Waals surface area contributed by atoms with Crippen LogP contribution in [0.5, 0.6) is 0 Å². The SMILES string of the molecule is CC1COC(CCl)CN1C(=O)c1cn[nH]n1. The highest BCUT2D eigenvalue weighted by molar-refractivity contribution is 6.18. The summed E-state index contributed by atoms with van der Waals surface area (Å²) in [6.07, 6.45) is 1.31. The van der Waals surface area contributed by atoms with Crippen molar-refractivity contribution in [3.05, 3.63) is 11.9 Å². The van der Waals surface area contributed by atoms with Gasteiger partial charge in [-0.1, -0.05) is 0 Å². The molecule has 7 heteroatoms. The van der Waals surface area contributed by atoms with Crippen LogP contribution in [-0.2, 0) is 4.74 Å². The lowest BCUT2D eigenvalue weighted by atomic mass is 10.2. The number of hydrogen-bond acceptors (Lipinski definition) is 4.